The van der Waals surface area contributed by atoms with Gasteiger partial charge in [0.25, 0.3) is 0 Å². The SMILES string of the molecule is C[C@@H](NCc1ncnn1C)c1ccc(F)cc1OC(F)F. The van der Waals surface area contributed by atoms with Crippen molar-refractivity contribution in [3.8, 4) is 5.75 Å². The molecule has 0 saturated carbocycles. The minimum Gasteiger partial charge on any atom is -0.434 e. The molecule has 1 atom stereocenters. The van der Waals surface area contributed by atoms with E-state index in [1.165, 1.54) is 18.5 Å². The smallest absolute Gasteiger partial charge is 0.387 e. The van der Waals surface area contributed by atoms with Gasteiger partial charge in [-0.2, -0.15) is 13.9 Å². The first-order valence-corrected chi connectivity index (χ1v) is 6.28. The molecule has 0 saturated heterocycles. The third-order valence-corrected chi connectivity index (χ3v) is 3.03. The molecule has 5 nitrogen and oxygen atoms in total. The zero-order valence-electron chi connectivity index (χ0n) is 11.6. The molecule has 0 bridgehead atoms. The predicted molar refractivity (Wildman–Crippen MR) is 69.3 cm³/mol. The van der Waals surface area contributed by atoms with Crippen molar-refractivity contribution in [1.29, 1.82) is 0 Å². The van der Waals surface area contributed by atoms with Crippen LogP contribution in [-0.4, -0.2) is 21.4 Å². The van der Waals surface area contributed by atoms with E-state index in [4.69, 9.17) is 0 Å². The number of hydrogen-bond donors (Lipinski definition) is 1. The number of alkyl halides is 2. The Morgan fingerprint density at radius 1 is 1.38 bits per heavy atom. The first-order chi connectivity index (χ1) is 9.97. The van der Waals surface area contributed by atoms with Crippen molar-refractivity contribution < 1.29 is 17.9 Å². The van der Waals surface area contributed by atoms with Gasteiger partial charge in [0, 0.05) is 24.7 Å². The molecule has 0 fully saturated rings. The molecule has 0 amide bonds. The largest absolute Gasteiger partial charge is 0.434 e. The van der Waals surface area contributed by atoms with Gasteiger partial charge in [0.2, 0.25) is 0 Å². The molecule has 2 aromatic rings. The van der Waals surface area contributed by atoms with Crippen LogP contribution in [0.2, 0.25) is 0 Å². The molecule has 0 radical (unpaired) electrons. The molecule has 0 aliphatic heterocycles. The molecule has 21 heavy (non-hydrogen) atoms. The highest BCUT2D eigenvalue weighted by Gasteiger charge is 2.16. The van der Waals surface area contributed by atoms with Crippen molar-refractivity contribution in [3.05, 3.63) is 41.7 Å². The number of hydrogen-bond acceptors (Lipinski definition) is 4. The predicted octanol–water partition coefficient (Wildman–Crippen LogP) is 2.41. The first kappa shape index (κ1) is 15.3. The van der Waals surface area contributed by atoms with Crippen molar-refractivity contribution in [2.75, 3.05) is 0 Å². The van der Waals surface area contributed by atoms with E-state index in [2.05, 4.69) is 20.1 Å². The van der Waals surface area contributed by atoms with E-state index in [-0.39, 0.29) is 11.8 Å². The molecule has 114 valence electrons. The van der Waals surface area contributed by atoms with Gasteiger partial charge in [0.15, 0.2) is 0 Å². The fraction of sp³-hybridized carbons (Fsp3) is 0.385. The second kappa shape index (κ2) is 6.57. The van der Waals surface area contributed by atoms with Gasteiger partial charge in [0.05, 0.1) is 6.54 Å². The fourth-order valence-corrected chi connectivity index (χ4v) is 1.90. The third kappa shape index (κ3) is 3.94. The average molecular weight is 300 g/mol. The van der Waals surface area contributed by atoms with Gasteiger partial charge < -0.3 is 10.1 Å². The maximum absolute atomic E-state index is 13.2. The van der Waals surface area contributed by atoms with E-state index in [0.717, 1.165) is 6.07 Å². The van der Waals surface area contributed by atoms with Crippen molar-refractivity contribution >= 4 is 0 Å². The van der Waals surface area contributed by atoms with Crippen LogP contribution in [0.5, 0.6) is 5.75 Å². The van der Waals surface area contributed by atoms with E-state index in [1.807, 2.05) is 0 Å². The maximum Gasteiger partial charge on any atom is 0.387 e. The number of nitrogens with one attached hydrogen (secondary N) is 1. The summed E-state index contributed by atoms with van der Waals surface area (Å²) in [6.45, 7) is -0.845. The Labute approximate surface area is 119 Å². The van der Waals surface area contributed by atoms with Gasteiger partial charge in [-0.15, -0.1) is 0 Å². The van der Waals surface area contributed by atoms with Crippen LogP contribution in [0, 0.1) is 5.82 Å². The molecule has 8 heteroatoms. The van der Waals surface area contributed by atoms with Crippen LogP contribution in [0.15, 0.2) is 24.5 Å². The Morgan fingerprint density at radius 2 is 2.14 bits per heavy atom. The lowest BCUT2D eigenvalue weighted by atomic mass is 10.1. The summed E-state index contributed by atoms with van der Waals surface area (Å²) in [5, 5.41) is 7.03. The van der Waals surface area contributed by atoms with Crippen molar-refractivity contribution in [1.82, 2.24) is 20.1 Å². The highest BCUT2D eigenvalue weighted by Crippen LogP contribution is 2.27. The maximum atomic E-state index is 13.2. The summed E-state index contributed by atoms with van der Waals surface area (Å²) in [5.74, 6) is -0.113. The zero-order valence-corrected chi connectivity index (χ0v) is 11.6. The second-order valence-corrected chi connectivity index (χ2v) is 4.46. The normalized spacial score (nSPS) is 12.7. The summed E-state index contributed by atoms with van der Waals surface area (Å²) in [6.07, 6.45) is 1.42. The van der Waals surface area contributed by atoms with Crippen LogP contribution in [0.3, 0.4) is 0 Å². The Kier molecular flexibility index (Phi) is 4.79. The van der Waals surface area contributed by atoms with Crippen LogP contribution >= 0.6 is 0 Å². The quantitative estimate of drug-likeness (QED) is 0.890. The van der Waals surface area contributed by atoms with Crippen molar-refractivity contribution in [2.24, 2.45) is 7.05 Å². The lowest BCUT2D eigenvalue weighted by molar-refractivity contribution is -0.0508. The van der Waals surface area contributed by atoms with Crippen LogP contribution in [-0.2, 0) is 13.6 Å². The van der Waals surface area contributed by atoms with E-state index >= 15 is 0 Å². The topological polar surface area (TPSA) is 52.0 Å². The molecule has 0 aliphatic rings. The van der Waals surface area contributed by atoms with Gasteiger partial charge in [0.1, 0.15) is 23.7 Å². The second-order valence-electron chi connectivity index (χ2n) is 4.46. The molecular weight excluding hydrogens is 285 g/mol. The third-order valence-electron chi connectivity index (χ3n) is 3.03. The average Bonchev–Trinajstić information content (AvgIpc) is 2.81. The molecule has 1 N–H and O–H groups in total. The monoisotopic (exact) mass is 300 g/mol. The van der Waals surface area contributed by atoms with Crippen molar-refractivity contribution in [2.45, 2.75) is 26.1 Å². The molecule has 1 aromatic carbocycles. The zero-order chi connectivity index (χ0) is 15.4. The minimum absolute atomic E-state index is 0.178. The standard InChI is InChI=1S/C13H15F3N4O/c1-8(17-6-12-18-7-19-20(12)2)10-4-3-9(14)5-11(10)21-13(15)16/h3-5,7-8,13,17H,6H2,1-2H3/t8-/m1/s1. The highest BCUT2D eigenvalue weighted by molar-refractivity contribution is 5.36. The van der Waals surface area contributed by atoms with E-state index in [0.29, 0.717) is 17.9 Å². The number of aromatic nitrogens is 3. The van der Waals surface area contributed by atoms with Gasteiger partial charge in [-0.1, -0.05) is 6.07 Å². The van der Waals surface area contributed by atoms with E-state index in [1.54, 1.807) is 18.7 Å². The Bertz CT molecular complexity index is 603. The van der Waals surface area contributed by atoms with E-state index < -0.39 is 12.4 Å². The molecule has 1 aromatic heterocycles. The van der Waals surface area contributed by atoms with Crippen LogP contribution in [0.1, 0.15) is 24.4 Å². The molecule has 0 aliphatic carbocycles. The summed E-state index contributed by atoms with van der Waals surface area (Å²) in [7, 11) is 1.75. The summed E-state index contributed by atoms with van der Waals surface area (Å²) in [4.78, 5) is 4.04. The van der Waals surface area contributed by atoms with E-state index in [9.17, 15) is 13.2 Å². The summed E-state index contributed by atoms with van der Waals surface area (Å²) in [5.41, 5.74) is 0.443. The van der Waals surface area contributed by atoms with Gasteiger partial charge in [-0.25, -0.2) is 9.37 Å². The van der Waals surface area contributed by atoms with Crippen molar-refractivity contribution in [3.63, 3.8) is 0 Å². The Morgan fingerprint density at radius 3 is 2.76 bits per heavy atom. The Hall–Kier alpha value is -2.09. The summed E-state index contributed by atoms with van der Waals surface area (Å²) in [6, 6.07) is 3.24. The minimum atomic E-state index is -3.00. The van der Waals surface area contributed by atoms with Gasteiger partial charge >= 0.3 is 6.61 Å². The van der Waals surface area contributed by atoms with Crippen LogP contribution in [0.25, 0.3) is 0 Å². The number of ether oxygens (including phenoxy) is 1. The lowest BCUT2D eigenvalue weighted by Crippen LogP contribution is -2.21. The lowest BCUT2D eigenvalue weighted by Gasteiger charge is -2.18. The summed E-state index contributed by atoms with van der Waals surface area (Å²) >= 11 is 0. The van der Waals surface area contributed by atoms with Gasteiger partial charge in [-0.3, -0.25) is 4.68 Å². The molecule has 0 spiro atoms. The fourth-order valence-electron chi connectivity index (χ4n) is 1.90. The highest BCUT2D eigenvalue weighted by atomic mass is 19.3. The number of benzene rings is 1. The number of halogens is 3. The van der Waals surface area contributed by atoms with Crippen LogP contribution in [0.4, 0.5) is 13.2 Å². The first-order valence-electron chi connectivity index (χ1n) is 6.28. The number of nitrogens with zero attached hydrogens (tertiary/aromatic N) is 3. The van der Waals surface area contributed by atoms with Gasteiger partial charge in [-0.05, 0) is 13.0 Å². The number of aryl methyl sites for hydroxylation is 1. The molecule has 1 heterocycles. The Balaban J connectivity index is 2.11. The molecule has 0 unspecified atom stereocenters. The molecular formula is C13H15F3N4O. The number of rotatable bonds is 6. The molecule has 2 rings (SSSR count). The van der Waals surface area contributed by atoms with Crippen LogP contribution < -0.4 is 10.1 Å². The summed E-state index contributed by atoms with van der Waals surface area (Å²) < 4.78 is 43.9.